The van der Waals surface area contributed by atoms with Gasteiger partial charge in [0, 0.05) is 26.0 Å². The van der Waals surface area contributed by atoms with Crippen molar-refractivity contribution in [1.82, 2.24) is 19.6 Å². The predicted molar refractivity (Wildman–Crippen MR) is 80.7 cm³/mol. The number of methoxy groups -OCH3 is 1. The van der Waals surface area contributed by atoms with Crippen molar-refractivity contribution >= 4 is 17.4 Å². The Morgan fingerprint density at radius 3 is 2.82 bits per heavy atom. The first-order valence-electron chi connectivity index (χ1n) is 6.72. The maximum atomic E-state index is 11.4. The number of esters is 1. The van der Waals surface area contributed by atoms with Crippen molar-refractivity contribution in [2.24, 2.45) is 0 Å². The van der Waals surface area contributed by atoms with Crippen LogP contribution in [0.3, 0.4) is 0 Å². The fourth-order valence-corrected chi connectivity index (χ4v) is 2.23. The highest BCUT2D eigenvalue weighted by molar-refractivity contribution is 5.89. The minimum absolute atomic E-state index is 0.338. The monoisotopic (exact) mass is 297 g/mol. The minimum atomic E-state index is -0.338. The van der Waals surface area contributed by atoms with Crippen LogP contribution >= 0.6 is 0 Å². The second kappa shape index (κ2) is 5.80. The van der Waals surface area contributed by atoms with E-state index in [0.29, 0.717) is 17.8 Å². The number of carbonyl (C=O) groups is 1. The van der Waals surface area contributed by atoms with E-state index in [4.69, 9.17) is 0 Å². The lowest BCUT2D eigenvalue weighted by Gasteiger charge is -2.18. The van der Waals surface area contributed by atoms with E-state index < -0.39 is 0 Å². The van der Waals surface area contributed by atoms with Crippen LogP contribution in [0.5, 0.6) is 0 Å². The van der Waals surface area contributed by atoms with E-state index in [2.05, 4.69) is 19.9 Å². The average Bonchev–Trinajstić information content (AvgIpc) is 3.03. The molecule has 7 nitrogen and oxygen atoms in total. The Balaban J connectivity index is 1.80. The molecule has 2 aromatic heterocycles. The molecule has 0 spiro atoms. The molecule has 3 rings (SSSR count). The van der Waals surface area contributed by atoms with Gasteiger partial charge in [0.15, 0.2) is 5.82 Å². The fourth-order valence-electron chi connectivity index (χ4n) is 2.23. The van der Waals surface area contributed by atoms with Gasteiger partial charge in [-0.3, -0.25) is 4.40 Å². The molecule has 7 heteroatoms. The molecule has 0 aliphatic rings. The Labute approximate surface area is 127 Å². The van der Waals surface area contributed by atoms with E-state index in [0.717, 1.165) is 11.4 Å². The van der Waals surface area contributed by atoms with Gasteiger partial charge in [-0.15, -0.1) is 10.2 Å². The summed E-state index contributed by atoms with van der Waals surface area (Å²) in [5, 5.41) is 7.96. The number of benzene rings is 1. The molecule has 22 heavy (non-hydrogen) atoms. The van der Waals surface area contributed by atoms with Crippen LogP contribution in [-0.2, 0) is 11.3 Å². The standard InChI is InChI=1S/C15H15N5O2/c1-19(13-14-18-17-10-20(14)8-7-16-13)9-11-3-5-12(6-4-11)15(21)22-2/h3-8,10H,9H2,1-2H3. The van der Waals surface area contributed by atoms with E-state index in [1.165, 1.54) is 7.11 Å². The van der Waals surface area contributed by atoms with E-state index in [1.807, 2.05) is 28.5 Å². The normalized spacial score (nSPS) is 10.6. The van der Waals surface area contributed by atoms with Crippen LogP contribution in [0.4, 0.5) is 5.82 Å². The van der Waals surface area contributed by atoms with Crippen LogP contribution in [-0.4, -0.2) is 39.7 Å². The molecule has 1 aromatic carbocycles. The summed E-state index contributed by atoms with van der Waals surface area (Å²) in [6.45, 7) is 0.640. The van der Waals surface area contributed by atoms with Gasteiger partial charge in [0.2, 0.25) is 5.65 Å². The van der Waals surface area contributed by atoms with Crippen molar-refractivity contribution in [2.75, 3.05) is 19.1 Å². The number of rotatable bonds is 4. The first kappa shape index (κ1) is 14.0. The third-order valence-electron chi connectivity index (χ3n) is 3.35. The molecule has 0 bridgehead atoms. The van der Waals surface area contributed by atoms with Gasteiger partial charge in [0.25, 0.3) is 0 Å². The summed E-state index contributed by atoms with van der Waals surface area (Å²) < 4.78 is 6.51. The smallest absolute Gasteiger partial charge is 0.337 e. The van der Waals surface area contributed by atoms with Gasteiger partial charge in [-0.1, -0.05) is 12.1 Å². The third-order valence-corrected chi connectivity index (χ3v) is 3.35. The van der Waals surface area contributed by atoms with Gasteiger partial charge in [-0.25, -0.2) is 9.78 Å². The van der Waals surface area contributed by atoms with Crippen molar-refractivity contribution in [3.05, 3.63) is 54.1 Å². The molecule has 0 aliphatic heterocycles. The molecule has 2 heterocycles. The number of anilines is 1. The number of hydrogen-bond acceptors (Lipinski definition) is 6. The largest absolute Gasteiger partial charge is 0.465 e. The quantitative estimate of drug-likeness (QED) is 0.680. The molecule has 0 atom stereocenters. The molecule has 0 N–H and O–H groups in total. The van der Waals surface area contributed by atoms with Crippen LogP contribution in [0.15, 0.2) is 43.0 Å². The van der Waals surface area contributed by atoms with Crippen LogP contribution < -0.4 is 4.90 Å². The summed E-state index contributed by atoms with van der Waals surface area (Å²) in [4.78, 5) is 17.8. The number of fused-ring (bicyclic) bond motifs is 1. The Kier molecular flexibility index (Phi) is 3.69. The Bertz CT molecular complexity index is 797. The summed E-state index contributed by atoms with van der Waals surface area (Å²) in [6.07, 6.45) is 5.15. The maximum absolute atomic E-state index is 11.4. The lowest BCUT2D eigenvalue weighted by atomic mass is 10.1. The van der Waals surface area contributed by atoms with Crippen molar-refractivity contribution < 1.29 is 9.53 Å². The SMILES string of the molecule is COC(=O)c1ccc(CN(C)c2nccn3cnnc23)cc1. The van der Waals surface area contributed by atoms with Gasteiger partial charge in [-0.05, 0) is 17.7 Å². The molecule has 0 amide bonds. The molecular formula is C15H15N5O2. The summed E-state index contributed by atoms with van der Waals surface area (Å²) >= 11 is 0. The van der Waals surface area contributed by atoms with Crippen LogP contribution in [0.1, 0.15) is 15.9 Å². The lowest BCUT2D eigenvalue weighted by molar-refractivity contribution is 0.0600. The predicted octanol–water partition coefficient (Wildman–Crippen LogP) is 1.55. The highest BCUT2D eigenvalue weighted by atomic mass is 16.5. The lowest BCUT2D eigenvalue weighted by Crippen LogP contribution is -2.18. The van der Waals surface area contributed by atoms with E-state index in [1.54, 1.807) is 30.9 Å². The van der Waals surface area contributed by atoms with Crippen molar-refractivity contribution in [1.29, 1.82) is 0 Å². The molecule has 0 aliphatic carbocycles. The van der Waals surface area contributed by atoms with E-state index in [9.17, 15) is 4.79 Å². The van der Waals surface area contributed by atoms with Crippen LogP contribution in [0, 0.1) is 0 Å². The topological polar surface area (TPSA) is 72.6 Å². The summed E-state index contributed by atoms with van der Waals surface area (Å²) in [7, 11) is 3.31. The van der Waals surface area contributed by atoms with Crippen molar-refractivity contribution in [3.8, 4) is 0 Å². The van der Waals surface area contributed by atoms with Gasteiger partial charge in [0.1, 0.15) is 6.33 Å². The number of carbonyl (C=O) groups excluding carboxylic acids is 1. The van der Waals surface area contributed by atoms with Gasteiger partial charge in [0.05, 0.1) is 12.7 Å². The zero-order valence-corrected chi connectivity index (χ0v) is 12.3. The van der Waals surface area contributed by atoms with Crippen molar-refractivity contribution in [3.63, 3.8) is 0 Å². The highest BCUT2D eigenvalue weighted by Crippen LogP contribution is 2.17. The number of hydrogen-bond donors (Lipinski definition) is 0. The second-order valence-corrected chi connectivity index (χ2v) is 4.86. The maximum Gasteiger partial charge on any atom is 0.337 e. The molecule has 0 radical (unpaired) electrons. The summed E-state index contributed by atoms with van der Waals surface area (Å²) in [5.41, 5.74) is 2.29. The summed E-state index contributed by atoms with van der Waals surface area (Å²) in [5.74, 6) is 0.409. The Morgan fingerprint density at radius 2 is 2.09 bits per heavy atom. The summed E-state index contributed by atoms with van der Waals surface area (Å²) in [6, 6.07) is 7.29. The number of ether oxygens (including phenoxy) is 1. The van der Waals surface area contributed by atoms with Crippen LogP contribution in [0.2, 0.25) is 0 Å². The first-order valence-corrected chi connectivity index (χ1v) is 6.72. The van der Waals surface area contributed by atoms with Gasteiger partial charge in [-0.2, -0.15) is 0 Å². The van der Waals surface area contributed by atoms with Gasteiger partial charge < -0.3 is 9.64 Å². The number of aromatic nitrogens is 4. The highest BCUT2D eigenvalue weighted by Gasteiger charge is 2.11. The molecular weight excluding hydrogens is 282 g/mol. The van der Waals surface area contributed by atoms with E-state index in [-0.39, 0.29) is 5.97 Å². The van der Waals surface area contributed by atoms with Crippen LogP contribution in [0.25, 0.3) is 5.65 Å². The zero-order chi connectivity index (χ0) is 15.5. The van der Waals surface area contributed by atoms with E-state index >= 15 is 0 Å². The molecule has 0 fully saturated rings. The molecule has 0 saturated heterocycles. The van der Waals surface area contributed by atoms with Crippen molar-refractivity contribution in [2.45, 2.75) is 6.54 Å². The molecule has 3 aromatic rings. The second-order valence-electron chi connectivity index (χ2n) is 4.86. The minimum Gasteiger partial charge on any atom is -0.465 e. The molecule has 0 saturated carbocycles. The number of nitrogens with zero attached hydrogens (tertiary/aromatic N) is 5. The zero-order valence-electron chi connectivity index (χ0n) is 12.3. The Morgan fingerprint density at radius 1 is 1.32 bits per heavy atom. The Hall–Kier alpha value is -2.96. The fraction of sp³-hybridized carbons (Fsp3) is 0.200. The van der Waals surface area contributed by atoms with Gasteiger partial charge >= 0.3 is 5.97 Å². The third kappa shape index (κ3) is 2.60. The molecule has 0 unspecified atom stereocenters. The first-order chi connectivity index (χ1) is 10.7. The molecule has 112 valence electrons. The average molecular weight is 297 g/mol.